The maximum absolute atomic E-state index is 5.53. The van der Waals surface area contributed by atoms with Gasteiger partial charge in [-0.2, -0.15) is 0 Å². The van der Waals surface area contributed by atoms with E-state index in [1.54, 1.807) is 26.0 Å². The van der Waals surface area contributed by atoms with E-state index in [0.29, 0.717) is 6.04 Å². The van der Waals surface area contributed by atoms with Crippen LogP contribution >= 0.6 is 11.8 Å². The molecule has 2 rings (SSSR count). The molecule has 1 unspecified atom stereocenters. The molecular formula is C15H23NO2S. The number of ether oxygens (including phenoxy) is 2. The molecule has 0 radical (unpaired) electrons. The van der Waals surface area contributed by atoms with Crippen LogP contribution in [0.4, 0.5) is 0 Å². The third-order valence-electron chi connectivity index (χ3n) is 3.69. The molecule has 0 amide bonds. The lowest BCUT2D eigenvalue weighted by Crippen LogP contribution is -2.35. The molecule has 0 aliphatic carbocycles. The molecule has 1 heterocycles. The van der Waals surface area contributed by atoms with Gasteiger partial charge in [0.25, 0.3) is 0 Å². The number of nitrogens with one attached hydrogen (secondary N) is 1. The Morgan fingerprint density at radius 1 is 1.21 bits per heavy atom. The lowest BCUT2D eigenvalue weighted by molar-refractivity contribution is 0.370. The molecule has 1 atom stereocenters. The Bertz CT molecular complexity index is 417. The normalized spacial score (nSPS) is 19.2. The first kappa shape index (κ1) is 14.5. The van der Waals surface area contributed by atoms with Gasteiger partial charge in [-0.1, -0.05) is 6.42 Å². The Kier molecular flexibility index (Phi) is 5.40. The van der Waals surface area contributed by atoms with Crippen molar-refractivity contribution in [1.82, 2.24) is 5.32 Å². The lowest BCUT2D eigenvalue weighted by atomic mass is 9.97. The van der Waals surface area contributed by atoms with Gasteiger partial charge in [0.2, 0.25) is 0 Å². The zero-order chi connectivity index (χ0) is 13.7. The summed E-state index contributed by atoms with van der Waals surface area (Å²) < 4.78 is 11.0. The van der Waals surface area contributed by atoms with Crippen molar-refractivity contribution in [2.75, 3.05) is 27.0 Å². The van der Waals surface area contributed by atoms with Crippen LogP contribution < -0.4 is 14.8 Å². The van der Waals surface area contributed by atoms with Crippen LogP contribution in [0, 0.1) is 0 Å². The van der Waals surface area contributed by atoms with E-state index < -0.39 is 0 Å². The number of methoxy groups -OCH3 is 2. The number of hydrogen-bond donors (Lipinski definition) is 1. The molecule has 1 fully saturated rings. The van der Waals surface area contributed by atoms with E-state index in [1.807, 2.05) is 12.1 Å². The summed E-state index contributed by atoms with van der Waals surface area (Å²) in [6, 6.07) is 4.56. The second-order valence-electron chi connectivity index (χ2n) is 4.83. The van der Waals surface area contributed by atoms with Crippen molar-refractivity contribution < 1.29 is 9.47 Å². The summed E-state index contributed by atoms with van der Waals surface area (Å²) in [5.74, 6) is 1.91. The van der Waals surface area contributed by atoms with Crippen LogP contribution in [0.15, 0.2) is 17.0 Å². The van der Waals surface area contributed by atoms with Crippen molar-refractivity contribution in [3.8, 4) is 11.5 Å². The van der Waals surface area contributed by atoms with Gasteiger partial charge in [-0.15, -0.1) is 11.8 Å². The van der Waals surface area contributed by atoms with Gasteiger partial charge in [0.1, 0.15) is 11.5 Å². The number of piperidine rings is 1. The van der Waals surface area contributed by atoms with Gasteiger partial charge >= 0.3 is 0 Å². The molecule has 3 nitrogen and oxygen atoms in total. The Labute approximate surface area is 120 Å². The van der Waals surface area contributed by atoms with Gasteiger partial charge in [-0.25, -0.2) is 0 Å². The lowest BCUT2D eigenvalue weighted by Gasteiger charge is -2.25. The molecule has 1 aliphatic rings. The summed E-state index contributed by atoms with van der Waals surface area (Å²) in [5, 5.41) is 3.60. The zero-order valence-corrected chi connectivity index (χ0v) is 12.8. The van der Waals surface area contributed by atoms with Crippen LogP contribution in [0.25, 0.3) is 0 Å². The molecule has 0 aromatic heterocycles. The Hall–Kier alpha value is -0.870. The maximum Gasteiger partial charge on any atom is 0.132 e. The van der Waals surface area contributed by atoms with E-state index in [1.165, 1.54) is 29.7 Å². The number of hydrogen-bond acceptors (Lipinski definition) is 4. The Balaban J connectivity index is 2.28. The molecule has 0 saturated carbocycles. The highest BCUT2D eigenvalue weighted by atomic mass is 32.2. The van der Waals surface area contributed by atoms with Gasteiger partial charge in [0.05, 0.1) is 19.1 Å². The third-order valence-corrected chi connectivity index (χ3v) is 4.54. The first-order valence-corrected chi connectivity index (χ1v) is 8.03. The van der Waals surface area contributed by atoms with Gasteiger partial charge in [-0.3, -0.25) is 0 Å². The molecule has 19 heavy (non-hydrogen) atoms. The van der Waals surface area contributed by atoms with Crippen LogP contribution in [-0.4, -0.2) is 33.1 Å². The van der Waals surface area contributed by atoms with Gasteiger partial charge in [-0.05, 0) is 44.2 Å². The fourth-order valence-electron chi connectivity index (χ4n) is 2.70. The minimum atomic E-state index is 0.556. The van der Waals surface area contributed by atoms with Crippen molar-refractivity contribution in [1.29, 1.82) is 0 Å². The summed E-state index contributed by atoms with van der Waals surface area (Å²) in [7, 11) is 3.47. The minimum Gasteiger partial charge on any atom is -0.496 e. The molecule has 1 aliphatic heterocycles. The van der Waals surface area contributed by atoms with Crippen LogP contribution in [-0.2, 0) is 6.42 Å². The highest BCUT2D eigenvalue weighted by Crippen LogP contribution is 2.38. The topological polar surface area (TPSA) is 30.5 Å². The maximum atomic E-state index is 5.53. The summed E-state index contributed by atoms with van der Waals surface area (Å²) in [6.07, 6.45) is 6.96. The summed E-state index contributed by atoms with van der Waals surface area (Å²) in [5.41, 5.74) is 1.27. The number of benzene rings is 1. The van der Waals surface area contributed by atoms with E-state index in [2.05, 4.69) is 11.6 Å². The highest BCUT2D eigenvalue weighted by Gasteiger charge is 2.20. The van der Waals surface area contributed by atoms with E-state index in [9.17, 15) is 0 Å². The predicted octanol–water partition coefficient (Wildman–Crippen LogP) is 3.11. The molecule has 4 heteroatoms. The van der Waals surface area contributed by atoms with Crippen molar-refractivity contribution in [3.63, 3.8) is 0 Å². The quantitative estimate of drug-likeness (QED) is 0.840. The summed E-state index contributed by atoms with van der Waals surface area (Å²) in [4.78, 5) is 1.20. The molecule has 0 bridgehead atoms. The minimum absolute atomic E-state index is 0.556. The van der Waals surface area contributed by atoms with Crippen LogP contribution in [0.5, 0.6) is 11.5 Å². The molecule has 1 N–H and O–H groups in total. The summed E-state index contributed by atoms with van der Waals surface area (Å²) in [6.45, 7) is 1.13. The van der Waals surface area contributed by atoms with Crippen LogP contribution in [0.3, 0.4) is 0 Å². The Morgan fingerprint density at radius 3 is 2.53 bits per heavy atom. The average Bonchev–Trinajstić information content (AvgIpc) is 2.47. The standard InChI is InChI=1S/C15H23NO2S/c1-17-13-7-8-14(18-2)15(19-3)12(13)10-11-6-4-5-9-16-11/h7-8,11,16H,4-6,9-10H2,1-3H3. The number of rotatable bonds is 5. The van der Waals surface area contributed by atoms with Crippen molar-refractivity contribution >= 4 is 11.8 Å². The molecule has 1 aromatic rings. The smallest absolute Gasteiger partial charge is 0.132 e. The highest BCUT2D eigenvalue weighted by molar-refractivity contribution is 7.98. The molecular weight excluding hydrogens is 258 g/mol. The molecule has 1 saturated heterocycles. The van der Waals surface area contributed by atoms with Crippen LogP contribution in [0.1, 0.15) is 24.8 Å². The summed E-state index contributed by atoms with van der Waals surface area (Å²) >= 11 is 1.73. The number of thioether (sulfide) groups is 1. The third kappa shape index (κ3) is 3.37. The second kappa shape index (κ2) is 7.06. The van der Waals surface area contributed by atoms with Crippen molar-refractivity contribution in [2.45, 2.75) is 36.6 Å². The predicted molar refractivity (Wildman–Crippen MR) is 80.7 cm³/mol. The van der Waals surface area contributed by atoms with E-state index in [-0.39, 0.29) is 0 Å². The second-order valence-corrected chi connectivity index (χ2v) is 5.65. The first-order chi connectivity index (χ1) is 9.30. The van der Waals surface area contributed by atoms with Gasteiger partial charge in [0.15, 0.2) is 0 Å². The van der Waals surface area contributed by atoms with Crippen LogP contribution in [0.2, 0.25) is 0 Å². The zero-order valence-electron chi connectivity index (χ0n) is 12.0. The van der Waals surface area contributed by atoms with Crippen molar-refractivity contribution in [2.24, 2.45) is 0 Å². The van der Waals surface area contributed by atoms with E-state index in [4.69, 9.17) is 9.47 Å². The molecule has 1 aromatic carbocycles. The van der Waals surface area contributed by atoms with Gasteiger partial charge < -0.3 is 14.8 Å². The molecule has 0 spiro atoms. The first-order valence-electron chi connectivity index (χ1n) is 6.81. The molecule has 106 valence electrons. The van der Waals surface area contributed by atoms with E-state index >= 15 is 0 Å². The largest absolute Gasteiger partial charge is 0.496 e. The monoisotopic (exact) mass is 281 g/mol. The Morgan fingerprint density at radius 2 is 1.95 bits per heavy atom. The van der Waals surface area contributed by atoms with Gasteiger partial charge in [0, 0.05) is 11.6 Å². The van der Waals surface area contributed by atoms with Crippen molar-refractivity contribution in [3.05, 3.63) is 17.7 Å². The fraction of sp³-hybridized carbons (Fsp3) is 0.600. The van der Waals surface area contributed by atoms with E-state index in [0.717, 1.165) is 24.5 Å². The average molecular weight is 281 g/mol. The fourth-order valence-corrected chi connectivity index (χ4v) is 3.48. The SMILES string of the molecule is COc1ccc(OC)c(SC)c1CC1CCCCN1.